The molecule has 2 unspecified atom stereocenters. The van der Waals surface area contributed by atoms with Crippen LogP contribution in [0.5, 0.6) is 0 Å². The zero-order chi connectivity index (χ0) is 14.0. The van der Waals surface area contributed by atoms with Crippen molar-refractivity contribution in [3.63, 3.8) is 0 Å². The van der Waals surface area contributed by atoms with Crippen LogP contribution in [0.1, 0.15) is 44.2 Å². The summed E-state index contributed by atoms with van der Waals surface area (Å²) in [5.41, 5.74) is 2.39. The van der Waals surface area contributed by atoms with Crippen molar-refractivity contribution in [3.05, 3.63) is 35.4 Å². The number of hydrogen-bond donors (Lipinski definition) is 1. The highest BCUT2D eigenvalue weighted by atomic mass is 16.2. The van der Waals surface area contributed by atoms with E-state index in [-0.39, 0.29) is 23.7 Å². The Labute approximate surface area is 114 Å². The molecule has 2 atom stereocenters. The van der Waals surface area contributed by atoms with E-state index in [1.807, 2.05) is 6.92 Å². The van der Waals surface area contributed by atoms with Gasteiger partial charge in [0.1, 0.15) is 0 Å². The Bertz CT molecular complexity index is 476. The smallest absolute Gasteiger partial charge is 0.230 e. The molecule has 3 nitrogen and oxygen atoms in total. The number of benzene rings is 1. The number of carbonyl (C=O) groups excluding carboxylic acids is 2. The topological polar surface area (TPSA) is 46.2 Å². The van der Waals surface area contributed by atoms with Crippen LogP contribution in [-0.4, -0.2) is 11.8 Å². The SMILES string of the molecule is CC(C)Cc1ccc(C2CC(=O)NC(=O)C2C)cc1. The zero-order valence-electron chi connectivity index (χ0n) is 11.8. The summed E-state index contributed by atoms with van der Waals surface area (Å²) in [5.74, 6) is 0.168. The van der Waals surface area contributed by atoms with E-state index < -0.39 is 0 Å². The van der Waals surface area contributed by atoms with Gasteiger partial charge >= 0.3 is 0 Å². The Morgan fingerprint density at radius 3 is 2.42 bits per heavy atom. The highest BCUT2D eigenvalue weighted by molar-refractivity contribution is 5.99. The highest BCUT2D eigenvalue weighted by Crippen LogP contribution is 2.31. The molecular formula is C16H21NO2. The van der Waals surface area contributed by atoms with E-state index in [2.05, 4.69) is 43.4 Å². The second kappa shape index (κ2) is 5.55. The first-order chi connectivity index (χ1) is 8.97. The monoisotopic (exact) mass is 259 g/mol. The van der Waals surface area contributed by atoms with E-state index >= 15 is 0 Å². The molecule has 19 heavy (non-hydrogen) atoms. The number of hydrogen-bond acceptors (Lipinski definition) is 2. The van der Waals surface area contributed by atoms with Gasteiger partial charge in [-0.25, -0.2) is 0 Å². The number of piperidine rings is 1. The van der Waals surface area contributed by atoms with E-state index in [9.17, 15) is 9.59 Å². The predicted octanol–water partition coefficient (Wildman–Crippen LogP) is 2.65. The second-order valence-corrected chi connectivity index (χ2v) is 5.85. The van der Waals surface area contributed by atoms with E-state index in [1.54, 1.807) is 0 Å². The summed E-state index contributed by atoms with van der Waals surface area (Å²) in [4.78, 5) is 23.2. The number of nitrogens with one attached hydrogen (secondary N) is 1. The van der Waals surface area contributed by atoms with Gasteiger partial charge in [-0.3, -0.25) is 14.9 Å². The number of amides is 2. The first kappa shape index (κ1) is 13.8. The van der Waals surface area contributed by atoms with Gasteiger partial charge in [0.15, 0.2) is 0 Å². The maximum absolute atomic E-state index is 11.7. The van der Waals surface area contributed by atoms with E-state index in [1.165, 1.54) is 5.56 Å². The maximum atomic E-state index is 11.7. The van der Waals surface area contributed by atoms with Gasteiger partial charge in [0.25, 0.3) is 0 Å². The summed E-state index contributed by atoms with van der Waals surface area (Å²) in [6.07, 6.45) is 1.45. The molecule has 102 valence electrons. The molecule has 1 N–H and O–H groups in total. The normalized spacial score (nSPS) is 23.6. The molecule has 3 heteroatoms. The lowest BCUT2D eigenvalue weighted by atomic mass is 9.81. The number of rotatable bonds is 3. The van der Waals surface area contributed by atoms with Gasteiger partial charge in [-0.15, -0.1) is 0 Å². The Morgan fingerprint density at radius 2 is 1.84 bits per heavy atom. The molecule has 1 aliphatic rings. The Kier molecular flexibility index (Phi) is 4.03. The van der Waals surface area contributed by atoms with Crippen molar-refractivity contribution in [1.82, 2.24) is 5.32 Å². The van der Waals surface area contributed by atoms with Gasteiger partial charge in [-0.2, -0.15) is 0 Å². The molecule has 2 rings (SSSR count). The molecule has 1 aliphatic heterocycles. The predicted molar refractivity (Wildman–Crippen MR) is 74.7 cm³/mol. The fourth-order valence-corrected chi connectivity index (χ4v) is 2.64. The van der Waals surface area contributed by atoms with Crippen molar-refractivity contribution in [3.8, 4) is 0 Å². The quantitative estimate of drug-likeness (QED) is 0.848. The van der Waals surface area contributed by atoms with Crippen molar-refractivity contribution in [2.45, 2.75) is 39.5 Å². The molecule has 1 saturated heterocycles. The Hall–Kier alpha value is -1.64. The first-order valence-corrected chi connectivity index (χ1v) is 6.90. The van der Waals surface area contributed by atoms with Crippen LogP contribution in [0.15, 0.2) is 24.3 Å². The lowest BCUT2D eigenvalue weighted by Gasteiger charge is -2.27. The third kappa shape index (κ3) is 3.22. The van der Waals surface area contributed by atoms with Crippen LogP contribution in [0.3, 0.4) is 0 Å². The Balaban J connectivity index is 2.16. The third-order valence-electron chi connectivity index (χ3n) is 3.74. The van der Waals surface area contributed by atoms with Crippen molar-refractivity contribution >= 4 is 11.8 Å². The summed E-state index contributed by atoms with van der Waals surface area (Å²) < 4.78 is 0. The molecule has 0 saturated carbocycles. The van der Waals surface area contributed by atoms with Crippen LogP contribution in [0.2, 0.25) is 0 Å². The molecule has 0 aliphatic carbocycles. The molecule has 0 radical (unpaired) electrons. The minimum atomic E-state index is -0.167. The second-order valence-electron chi connectivity index (χ2n) is 5.85. The lowest BCUT2D eigenvalue weighted by molar-refractivity contribution is -0.136. The van der Waals surface area contributed by atoms with Crippen LogP contribution in [-0.2, 0) is 16.0 Å². The molecule has 1 fully saturated rings. The molecule has 0 bridgehead atoms. The molecule has 0 aromatic heterocycles. The maximum Gasteiger partial charge on any atom is 0.230 e. The minimum Gasteiger partial charge on any atom is -0.296 e. The standard InChI is InChI=1S/C16H21NO2/c1-10(2)8-12-4-6-13(7-5-12)14-9-15(18)17-16(19)11(14)3/h4-7,10-11,14H,8-9H2,1-3H3,(H,17,18,19). The van der Waals surface area contributed by atoms with E-state index in [0.29, 0.717) is 12.3 Å². The van der Waals surface area contributed by atoms with Crippen molar-refractivity contribution in [1.29, 1.82) is 0 Å². The summed E-state index contributed by atoms with van der Waals surface area (Å²) in [6.45, 7) is 6.27. The third-order valence-corrected chi connectivity index (χ3v) is 3.74. The van der Waals surface area contributed by atoms with Crippen LogP contribution >= 0.6 is 0 Å². The largest absolute Gasteiger partial charge is 0.296 e. The molecule has 0 spiro atoms. The van der Waals surface area contributed by atoms with Crippen LogP contribution in [0, 0.1) is 11.8 Å². The van der Waals surface area contributed by atoms with Gasteiger partial charge in [0.05, 0.1) is 0 Å². The lowest BCUT2D eigenvalue weighted by Crippen LogP contribution is -2.43. The van der Waals surface area contributed by atoms with Gasteiger partial charge in [0.2, 0.25) is 11.8 Å². The summed E-state index contributed by atoms with van der Waals surface area (Å²) in [6, 6.07) is 8.34. The molecule has 1 aromatic rings. The van der Waals surface area contributed by atoms with Crippen LogP contribution in [0.4, 0.5) is 0 Å². The minimum absolute atomic E-state index is 0.00866. The fourth-order valence-electron chi connectivity index (χ4n) is 2.64. The molecule has 1 heterocycles. The van der Waals surface area contributed by atoms with Gasteiger partial charge < -0.3 is 0 Å². The van der Waals surface area contributed by atoms with Gasteiger partial charge in [-0.1, -0.05) is 45.0 Å². The molecule has 1 aromatic carbocycles. The van der Waals surface area contributed by atoms with Gasteiger partial charge in [0, 0.05) is 18.3 Å². The Morgan fingerprint density at radius 1 is 1.21 bits per heavy atom. The van der Waals surface area contributed by atoms with Gasteiger partial charge in [-0.05, 0) is 23.5 Å². The highest BCUT2D eigenvalue weighted by Gasteiger charge is 2.33. The van der Waals surface area contributed by atoms with Crippen molar-refractivity contribution < 1.29 is 9.59 Å². The van der Waals surface area contributed by atoms with Crippen LogP contribution in [0.25, 0.3) is 0 Å². The summed E-state index contributed by atoms with van der Waals surface area (Å²) >= 11 is 0. The fraction of sp³-hybridized carbons (Fsp3) is 0.500. The zero-order valence-corrected chi connectivity index (χ0v) is 11.8. The van der Waals surface area contributed by atoms with Crippen molar-refractivity contribution in [2.24, 2.45) is 11.8 Å². The molecular weight excluding hydrogens is 238 g/mol. The first-order valence-electron chi connectivity index (χ1n) is 6.90. The summed E-state index contributed by atoms with van der Waals surface area (Å²) in [5, 5.41) is 2.39. The molecule has 2 amide bonds. The van der Waals surface area contributed by atoms with E-state index in [4.69, 9.17) is 0 Å². The number of carbonyl (C=O) groups is 2. The van der Waals surface area contributed by atoms with Crippen LogP contribution < -0.4 is 5.32 Å². The summed E-state index contributed by atoms with van der Waals surface area (Å²) in [7, 11) is 0. The number of imide groups is 1. The average molecular weight is 259 g/mol. The van der Waals surface area contributed by atoms with Crippen molar-refractivity contribution in [2.75, 3.05) is 0 Å². The van der Waals surface area contributed by atoms with E-state index in [0.717, 1.165) is 12.0 Å². The average Bonchev–Trinajstić information content (AvgIpc) is 2.34.